The number of hydrogen-bond acceptors (Lipinski definition) is 3. The summed E-state index contributed by atoms with van der Waals surface area (Å²) >= 11 is 5.19. The van der Waals surface area contributed by atoms with E-state index in [0.29, 0.717) is 15.7 Å². The predicted molar refractivity (Wildman–Crippen MR) is 83.6 cm³/mol. The van der Waals surface area contributed by atoms with Gasteiger partial charge in [0.1, 0.15) is 11.3 Å². The number of phenols is 1. The van der Waals surface area contributed by atoms with Crippen LogP contribution in [0.2, 0.25) is 0 Å². The van der Waals surface area contributed by atoms with Gasteiger partial charge in [-0.25, -0.2) is 0 Å². The second kappa shape index (κ2) is 4.76. The first-order chi connectivity index (χ1) is 9.54. The maximum atomic E-state index is 10.2. The van der Waals surface area contributed by atoms with Crippen LogP contribution in [0.4, 0.5) is 0 Å². The first kappa shape index (κ1) is 12.9. The first-order valence-corrected chi connectivity index (χ1v) is 6.80. The Hall–Kier alpha value is -2.13. The zero-order chi connectivity index (χ0) is 14.3. The van der Waals surface area contributed by atoms with Crippen molar-refractivity contribution in [3.8, 4) is 16.9 Å². The fourth-order valence-electron chi connectivity index (χ4n) is 2.37. The van der Waals surface area contributed by atoms with Gasteiger partial charge in [-0.2, -0.15) is 0 Å². The van der Waals surface area contributed by atoms with E-state index in [4.69, 9.17) is 16.6 Å². The van der Waals surface area contributed by atoms with E-state index in [2.05, 4.69) is 0 Å². The van der Waals surface area contributed by atoms with E-state index < -0.39 is 0 Å². The van der Waals surface area contributed by atoms with E-state index in [-0.39, 0.29) is 5.75 Å². The Morgan fingerprint density at radius 2 is 1.65 bits per heavy atom. The highest BCUT2D eigenvalue weighted by Gasteiger charge is 2.11. The van der Waals surface area contributed by atoms with Crippen molar-refractivity contribution < 1.29 is 9.52 Å². The average Bonchev–Trinajstić information content (AvgIpc) is 2.37. The number of hydrogen-bond donors (Lipinski definition) is 1. The van der Waals surface area contributed by atoms with Gasteiger partial charge < -0.3 is 9.52 Å². The third-order valence-corrected chi connectivity index (χ3v) is 3.53. The number of phenolic OH excluding ortho intramolecular Hbond substituents is 1. The second-order valence-electron chi connectivity index (χ2n) is 5.00. The van der Waals surface area contributed by atoms with Gasteiger partial charge in [-0.05, 0) is 49.3 Å². The molecular formula is C17H14O2S. The Bertz CT molecular complexity index is 845. The summed E-state index contributed by atoms with van der Waals surface area (Å²) in [5.41, 5.74) is 4.66. The van der Waals surface area contributed by atoms with E-state index in [1.807, 2.05) is 44.2 Å². The molecule has 3 aromatic rings. The Balaban J connectivity index is 2.40. The highest BCUT2D eigenvalue weighted by molar-refractivity contribution is 7.71. The third kappa shape index (κ3) is 2.21. The topological polar surface area (TPSA) is 33.4 Å². The summed E-state index contributed by atoms with van der Waals surface area (Å²) in [6.45, 7) is 3.96. The average molecular weight is 282 g/mol. The monoisotopic (exact) mass is 282 g/mol. The van der Waals surface area contributed by atoms with E-state index in [1.165, 1.54) is 5.56 Å². The van der Waals surface area contributed by atoms with Crippen LogP contribution in [0, 0.1) is 18.6 Å². The van der Waals surface area contributed by atoms with Gasteiger partial charge in [-0.3, -0.25) is 0 Å². The first-order valence-electron chi connectivity index (χ1n) is 6.39. The normalized spacial score (nSPS) is 10.9. The van der Waals surface area contributed by atoms with Gasteiger partial charge in [0.25, 0.3) is 0 Å². The lowest BCUT2D eigenvalue weighted by atomic mass is 9.99. The van der Waals surface area contributed by atoms with Crippen LogP contribution < -0.4 is 0 Å². The van der Waals surface area contributed by atoms with Crippen LogP contribution in [0.25, 0.3) is 22.1 Å². The van der Waals surface area contributed by atoms with E-state index in [1.54, 1.807) is 12.1 Å². The summed E-state index contributed by atoms with van der Waals surface area (Å²) in [4.78, 5) is 0. The maximum absolute atomic E-state index is 10.2. The molecule has 1 aromatic heterocycles. The van der Waals surface area contributed by atoms with Gasteiger partial charge in [-0.15, -0.1) is 0 Å². The van der Waals surface area contributed by atoms with Gasteiger partial charge in [0.15, 0.2) is 4.71 Å². The molecule has 0 amide bonds. The molecule has 3 heteroatoms. The largest absolute Gasteiger partial charge is 0.507 e. The Kier molecular flexibility index (Phi) is 3.07. The van der Waals surface area contributed by atoms with Crippen LogP contribution in [0.15, 0.2) is 46.9 Å². The summed E-state index contributed by atoms with van der Waals surface area (Å²) in [5, 5.41) is 10.9. The molecule has 1 N–H and O–H groups in total. The molecule has 0 aliphatic heterocycles. The number of aryl methyl sites for hydroxylation is 2. The van der Waals surface area contributed by atoms with Crippen molar-refractivity contribution in [2.45, 2.75) is 13.8 Å². The lowest BCUT2D eigenvalue weighted by Gasteiger charge is -2.09. The Morgan fingerprint density at radius 3 is 2.35 bits per heavy atom. The minimum Gasteiger partial charge on any atom is -0.507 e. The quantitative estimate of drug-likeness (QED) is 0.626. The summed E-state index contributed by atoms with van der Waals surface area (Å²) in [6, 6.07) is 13.5. The fourth-order valence-corrected chi connectivity index (χ4v) is 2.58. The molecule has 0 atom stereocenters. The molecule has 0 fully saturated rings. The van der Waals surface area contributed by atoms with Gasteiger partial charge in [0.2, 0.25) is 0 Å². The Labute approximate surface area is 122 Å². The van der Waals surface area contributed by atoms with Crippen molar-refractivity contribution >= 4 is 23.2 Å². The van der Waals surface area contributed by atoms with Gasteiger partial charge >= 0.3 is 0 Å². The van der Waals surface area contributed by atoms with Gasteiger partial charge in [0, 0.05) is 11.6 Å². The molecule has 1 heterocycles. The van der Waals surface area contributed by atoms with Gasteiger partial charge in [0.05, 0.1) is 5.39 Å². The lowest BCUT2D eigenvalue weighted by Crippen LogP contribution is -1.85. The molecule has 100 valence electrons. The Morgan fingerprint density at radius 1 is 0.950 bits per heavy atom. The van der Waals surface area contributed by atoms with E-state index in [9.17, 15) is 5.11 Å². The summed E-state index contributed by atoms with van der Waals surface area (Å²) in [5.74, 6) is 0.217. The number of fused-ring (bicyclic) bond motifs is 1. The maximum Gasteiger partial charge on any atom is 0.191 e. The van der Waals surface area contributed by atoms with Crippen molar-refractivity contribution in [1.82, 2.24) is 0 Å². The highest BCUT2D eigenvalue weighted by Crippen LogP contribution is 2.36. The molecule has 0 radical (unpaired) electrons. The minimum atomic E-state index is 0.217. The molecule has 2 aromatic carbocycles. The lowest BCUT2D eigenvalue weighted by molar-refractivity contribution is 0.479. The zero-order valence-corrected chi connectivity index (χ0v) is 12.1. The molecule has 0 spiro atoms. The summed E-state index contributed by atoms with van der Waals surface area (Å²) in [7, 11) is 0. The molecule has 20 heavy (non-hydrogen) atoms. The standard InChI is InChI=1S/C17H14O2S/c1-10-3-5-12(6-4-10)13-9-16(20)19-15-8-11(2)7-14(18)17(13)15/h3-9,18H,1-2H3. The molecular weight excluding hydrogens is 268 g/mol. The van der Waals surface area contributed by atoms with Crippen molar-refractivity contribution in [3.05, 3.63) is 58.3 Å². The minimum absolute atomic E-state index is 0.217. The van der Waals surface area contributed by atoms with Crippen LogP contribution in [0.5, 0.6) is 5.75 Å². The summed E-state index contributed by atoms with van der Waals surface area (Å²) < 4.78 is 5.98. The predicted octanol–water partition coefficient (Wildman–Crippen LogP) is 5.15. The zero-order valence-electron chi connectivity index (χ0n) is 11.3. The molecule has 2 nitrogen and oxygen atoms in total. The third-order valence-electron chi connectivity index (χ3n) is 3.33. The van der Waals surface area contributed by atoms with Crippen molar-refractivity contribution in [2.24, 2.45) is 0 Å². The summed E-state index contributed by atoms with van der Waals surface area (Å²) in [6.07, 6.45) is 0. The number of rotatable bonds is 1. The highest BCUT2D eigenvalue weighted by atomic mass is 32.1. The molecule has 0 unspecified atom stereocenters. The van der Waals surface area contributed by atoms with Crippen LogP contribution in [0.3, 0.4) is 0 Å². The number of benzene rings is 2. The van der Waals surface area contributed by atoms with E-state index in [0.717, 1.165) is 16.7 Å². The van der Waals surface area contributed by atoms with Crippen LogP contribution in [-0.4, -0.2) is 5.11 Å². The van der Waals surface area contributed by atoms with Crippen molar-refractivity contribution in [1.29, 1.82) is 0 Å². The number of aromatic hydroxyl groups is 1. The SMILES string of the molecule is Cc1ccc(-c2cc(=S)oc3cc(C)cc(O)c23)cc1. The van der Waals surface area contributed by atoms with Crippen LogP contribution in [-0.2, 0) is 0 Å². The van der Waals surface area contributed by atoms with Crippen molar-refractivity contribution in [2.75, 3.05) is 0 Å². The van der Waals surface area contributed by atoms with Crippen molar-refractivity contribution in [3.63, 3.8) is 0 Å². The molecule has 0 aliphatic carbocycles. The molecule has 0 bridgehead atoms. The van der Waals surface area contributed by atoms with Crippen LogP contribution >= 0.6 is 12.2 Å². The second-order valence-corrected chi connectivity index (χ2v) is 5.40. The smallest absolute Gasteiger partial charge is 0.191 e. The molecule has 0 aliphatic rings. The van der Waals surface area contributed by atoms with Gasteiger partial charge in [-0.1, -0.05) is 29.8 Å². The fraction of sp³-hybridized carbons (Fsp3) is 0.118. The molecule has 0 saturated carbocycles. The molecule has 0 saturated heterocycles. The molecule has 3 rings (SSSR count). The van der Waals surface area contributed by atoms with E-state index >= 15 is 0 Å². The van der Waals surface area contributed by atoms with Crippen LogP contribution in [0.1, 0.15) is 11.1 Å².